The van der Waals surface area contributed by atoms with Crippen LogP contribution in [0.1, 0.15) is 38.9 Å². The third-order valence-corrected chi connectivity index (χ3v) is 3.65. The summed E-state index contributed by atoms with van der Waals surface area (Å²) in [6.07, 6.45) is 1.01. The predicted octanol–water partition coefficient (Wildman–Crippen LogP) is 1.21. The number of aromatic nitrogens is 2. The molecule has 2 rings (SSSR count). The number of likely N-dealkylation sites (tertiary alicyclic amines) is 1. The number of carbonyl (C=O) groups excluding carboxylic acids is 1. The summed E-state index contributed by atoms with van der Waals surface area (Å²) in [6.45, 7) is 10.1. The Labute approximate surface area is 113 Å². The summed E-state index contributed by atoms with van der Waals surface area (Å²) >= 11 is 0. The van der Waals surface area contributed by atoms with Crippen molar-refractivity contribution in [3.05, 3.63) is 11.7 Å². The molecule has 0 bridgehead atoms. The van der Waals surface area contributed by atoms with Crippen molar-refractivity contribution in [2.24, 2.45) is 0 Å². The van der Waals surface area contributed by atoms with E-state index < -0.39 is 0 Å². The molecule has 1 amide bonds. The molecule has 6 nitrogen and oxygen atoms in total. The van der Waals surface area contributed by atoms with Crippen LogP contribution in [0.2, 0.25) is 0 Å². The standard InChI is InChI=1S/C13H22N4O2/c1-9(2)16-6-5-12(7-16)17(11(4)18)8-13-14-10(3)19-15-13/h9,12H,5-8H2,1-4H3/t12-/m0/s1. The predicted molar refractivity (Wildman–Crippen MR) is 70.4 cm³/mol. The van der Waals surface area contributed by atoms with Crippen LogP contribution in [-0.4, -0.2) is 51.0 Å². The summed E-state index contributed by atoms with van der Waals surface area (Å²) in [7, 11) is 0. The third-order valence-electron chi connectivity index (χ3n) is 3.65. The molecule has 106 valence electrons. The van der Waals surface area contributed by atoms with Gasteiger partial charge in [0.15, 0.2) is 5.82 Å². The first-order chi connectivity index (χ1) is 8.97. The molecule has 2 heterocycles. The van der Waals surface area contributed by atoms with E-state index in [2.05, 4.69) is 28.9 Å². The summed E-state index contributed by atoms with van der Waals surface area (Å²) in [4.78, 5) is 20.3. The van der Waals surface area contributed by atoms with E-state index in [1.807, 2.05) is 4.90 Å². The fourth-order valence-corrected chi connectivity index (χ4v) is 2.55. The lowest BCUT2D eigenvalue weighted by molar-refractivity contribution is -0.131. The average Bonchev–Trinajstić information content (AvgIpc) is 2.94. The molecule has 0 unspecified atom stereocenters. The number of hydrogen-bond acceptors (Lipinski definition) is 5. The van der Waals surface area contributed by atoms with E-state index in [0.29, 0.717) is 24.3 Å². The van der Waals surface area contributed by atoms with Gasteiger partial charge in [-0.1, -0.05) is 5.16 Å². The van der Waals surface area contributed by atoms with E-state index >= 15 is 0 Å². The quantitative estimate of drug-likeness (QED) is 0.819. The van der Waals surface area contributed by atoms with Crippen LogP contribution in [0.25, 0.3) is 0 Å². The van der Waals surface area contributed by atoms with Crippen molar-refractivity contribution in [3.8, 4) is 0 Å². The molecular formula is C13H22N4O2. The van der Waals surface area contributed by atoms with Gasteiger partial charge in [0.05, 0.1) is 6.54 Å². The highest BCUT2D eigenvalue weighted by Crippen LogP contribution is 2.19. The third kappa shape index (κ3) is 3.32. The van der Waals surface area contributed by atoms with E-state index in [4.69, 9.17) is 4.52 Å². The molecule has 1 saturated heterocycles. The smallest absolute Gasteiger partial charge is 0.223 e. The Kier molecular flexibility index (Phi) is 4.19. The maximum atomic E-state index is 11.8. The number of hydrogen-bond donors (Lipinski definition) is 0. The molecule has 1 aliphatic heterocycles. The van der Waals surface area contributed by atoms with Crippen LogP contribution in [0.15, 0.2) is 4.52 Å². The number of aryl methyl sites for hydroxylation is 1. The second-order valence-corrected chi connectivity index (χ2v) is 5.41. The topological polar surface area (TPSA) is 62.5 Å². The SMILES string of the molecule is CC(=O)N(Cc1noc(C)n1)[C@H]1CCN(C(C)C)C1. The van der Waals surface area contributed by atoms with Crippen molar-refractivity contribution >= 4 is 5.91 Å². The molecule has 1 aromatic heterocycles. The van der Waals surface area contributed by atoms with Gasteiger partial charge in [0, 0.05) is 39.0 Å². The number of amides is 1. The van der Waals surface area contributed by atoms with Crippen LogP contribution in [0, 0.1) is 6.92 Å². The van der Waals surface area contributed by atoms with Gasteiger partial charge < -0.3 is 9.42 Å². The minimum Gasteiger partial charge on any atom is -0.340 e. The summed E-state index contributed by atoms with van der Waals surface area (Å²) < 4.78 is 4.96. The molecule has 1 aromatic rings. The van der Waals surface area contributed by atoms with E-state index in [9.17, 15) is 4.79 Å². The van der Waals surface area contributed by atoms with E-state index in [-0.39, 0.29) is 11.9 Å². The Hall–Kier alpha value is -1.43. The van der Waals surface area contributed by atoms with Gasteiger partial charge >= 0.3 is 0 Å². The van der Waals surface area contributed by atoms with E-state index in [0.717, 1.165) is 19.5 Å². The van der Waals surface area contributed by atoms with Gasteiger partial charge in [-0.15, -0.1) is 0 Å². The summed E-state index contributed by atoms with van der Waals surface area (Å²) in [5, 5.41) is 3.87. The lowest BCUT2D eigenvalue weighted by Gasteiger charge is -2.27. The molecule has 19 heavy (non-hydrogen) atoms. The minimum absolute atomic E-state index is 0.0676. The summed E-state index contributed by atoms with van der Waals surface area (Å²) in [5.74, 6) is 1.18. The molecule has 0 aromatic carbocycles. The molecule has 6 heteroatoms. The molecule has 0 saturated carbocycles. The molecule has 0 radical (unpaired) electrons. The Morgan fingerprint density at radius 3 is 2.79 bits per heavy atom. The largest absolute Gasteiger partial charge is 0.340 e. The second-order valence-electron chi connectivity index (χ2n) is 5.41. The van der Waals surface area contributed by atoms with Crippen LogP contribution in [-0.2, 0) is 11.3 Å². The minimum atomic E-state index is 0.0676. The lowest BCUT2D eigenvalue weighted by Crippen LogP contribution is -2.41. The van der Waals surface area contributed by atoms with Crippen molar-refractivity contribution in [2.45, 2.75) is 52.7 Å². The average molecular weight is 266 g/mol. The van der Waals surface area contributed by atoms with Crippen molar-refractivity contribution in [3.63, 3.8) is 0 Å². The molecule has 1 fully saturated rings. The highest BCUT2D eigenvalue weighted by molar-refractivity contribution is 5.73. The molecule has 0 spiro atoms. The summed E-state index contributed by atoms with van der Waals surface area (Å²) in [6, 6.07) is 0.768. The van der Waals surface area contributed by atoms with Gasteiger partial charge in [0.1, 0.15) is 0 Å². The Morgan fingerprint density at radius 1 is 1.58 bits per heavy atom. The highest BCUT2D eigenvalue weighted by atomic mass is 16.5. The van der Waals surface area contributed by atoms with Crippen molar-refractivity contribution in [2.75, 3.05) is 13.1 Å². The van der Waals surface area contributed by atoms with Gasteiger partial charge in [0.2, 0.25) is 11.8 Å². The Balaban J connectivity index is 2.03. The zero-order valence-corrected chi connectivity index (χ0v) is 12.1. The zero-order chi connectivity index (χ0) is 14.0. The number of nitrogens with zero attached hydrogens (tertiary/aromatic N) is 4. The maximum Gasteiger partial charge on any atom is 0.223 e. The first-order valence-electron chi connectivity index (χ1n) is 6.78. The highest BCUT2D eigenvalue weighted by Gasteiger charge is 2.31. The molecule has 0 N–H and O–H groups in total. The Morgan fingerprint density at radius 2 is 2.32 bits per heavy atom. The van der Waals surface area contributed by atoms with Crippen molar-refractivity contribution < 1.29 is 9.32 Å². The van der Waals surface area contributed by atoms with Gasteiger partial charge in [-0.3, -0.25) is 9.69 Å². The van der Waals surface area contributed by atoms with Crippen LogP contribution in [0.3, 0.4) is 0 Å². The monoisotopic (exact) mass is 266 g/mol. The second kappa shape index (κ2) is 5.69. The number of rotatable bonds is 4. The normalized spacial score (nSPS) is 20.2. The Bertz CT molecular complexity index is 444. The van der Waals surface area contributed by atoms with Gasteiger partial charge in [-0.05, 0) is 20.3 Å². The lowest BCUT2D eigenvalue weighted by atomic mass is 10.2. The van der Waals surface area contributed by atoms with Gasteiger partial charge in [0.25, 0.3) is 0 Å². The van der Waals surface area contributed by atoms with Crippen molar-refractivity contribution in [1.29, 1.82) is 0 Å². The fraction of sp³-hybridized carbons (Fsp3) is 0.769. The van der Waals surface area contributed by atoms with Crippen molar-refractivity contribution in [1.82, 2.24) is 19.9 Å². The fourth-order valence-electron chi connectivity index (χ4n) is 2.55. The van der Waals surface area contributed by atoms with Crippen LogP contribution < -0.4 is 0 Å². The maximum absolute atomic E-state index is 11.8. The van der Waals surface area contributed by atoms with E-state index in [1.54, 1.807) is 13.8 Å². The zero-order valence-electron chi connectivity index (χ0n) is 12.1. The molecule has 1 atom stereocenters. The summed E-state index contributed by atoms with van der Waals surface area (Å²) in [5.41, 5.74) is 0. The molecular weight excluding hydrogens is 244 g/mol. The first-order valence-corrected chi connectivity index (χ1v) is 6.78. The van der Waals surface area contributed by atoms with E-state index in [1.165, 1.54) is 0 Å². The molecule has 0 aliphatic carbocycles. The van der Waals surface area contributed by atoms with Gasteiger partial charge in [-0.25, -0.2) is 0 Å². The van der Waals surface area contributed by atoms with Gasteiger partial charge in [-0.2, -0.15) is 4.98 Å². The van der Waals surface area contributed by atoms with Crippen LogP contribution >= 0.6 is 0 Å². The van der Waals surface area contributed by atoms with Crippen LogP contribution in [0.4, 0.5) is 0 Å². The molecule has 1 aliphatic rings. The number of carbonyl (C=O) groups is 1. The first kappa shape index (κ1) is 14.0. The van der Waals surface area contributed by atoms with Crippen LogP contribution in [0.5, 0.6) is 0 Å².